The lowest BCUT2D eigenvalue weighted by atomic mass is 10.3. The molecule has 0 fully saturated rings. The molecule has 0 amide bonds. The minimum atomic E-state index is -4.96. The van der Waals surface area contributed by atoms with Gasteiger partial charge in [0.25, 0.3) is 0 Å². The molecule has 1 aliphatic rings. The lowest BCUT2D eigenvalue weighted by Gasteiger charge is -2.05. The molecule has 0 aromatic heterocycles. The van der Waals surface area contributed by atoms with Crippen LogP contribution in [-0.2, 0) is 24.4 Å². The number of phenolic OH excluding ortho intramolecular Hbond substituents is 2. The molecule has 2 rings (SSSR count). The van der Waals surface area contributed by atoms with Crippen LogP contribution < -0.4 is 8.37 Å². The van der Waals surface area contributed by atoms with Crippen LogP contribution in [0.15, 0.2) is 12.1 Å². The van der Waals surface area contributed by atoms with Crippen molar-refractivity contribution >= 4 is 20.8 Å². The van der Waals surface area contributed by atoms with Crippen LogP contribution in [0.1, 0.15) is 0 Å². The van der Waals surface area contributed by atoms with E-state index in [9.17, 15) is 21.9 Å². The molecular weight excluding hydrogens is 280 g/mol. The molecule has 1 aromatic carbocycles. The zero-order valence-corrected chi connectivity index (χ0v) is 9.36. The summed E-state index contributed by atoms with van der Waals surface area (Å²) in [6, 6.07) is 1.76. The number of phenols is 2. The summed E-state index contributed by atoms with van der Waals surface area (Å²) in [5.41, 5.74) is 0. The maximum absolute atomic E-state index is 11.0. The van der Waals surface area contributed by atoms with E-state index in [-0.39, 0.29) is 0 Å². The van der Waals surface area contributed by atoms with Gasteiger partial charge in [0.1, 0.15) is 0 Å². The average molecular weight is 284 g/mol. The SMILES string of the molecule is O=S1(=O)Oc2ccc(O)c(O)c2OS(=O)(=O)O1. The first-order chi connectivity index (χ1) is 7.70. The molecule has 9 nitrogen and oxygen atoms in total. The maximum Gasteiger partial charge on any atom is 0.466 e. The van der Waals surface area contributed by atoms with Crippen molar-refractivity contribution in [3.05, 3.63) is 12.1 Å². The number of aromatic hydroxyl groups is 2. The molecule has 0 radical (unpaired) electrons. The Hall–Kier alpha value is -1.72. The van der Waals surface area contributed by atoms with Gasteiger partial charge in [0.2, 0.25) is 11.5 Å². The van der Waals surface area contributed by atoms with Gasteiger partial charge in [0.15, 0.2) is 11.5 Å². The Bertz CT molecular complexity index is 672. The largest absolute Gasteiger partial charge is 0.504 e. The monoisotopic (exact) mass is 284 g/mol. The van der Waals surface area contributed by atoms with Crippen LogP contribution in [-0.4, -0.2) is 27.0 Å². The highest BCUT2D eigenvalue weighted by Crippen LogP contribution is 2.45. The number of fused-ring (bicyclic) bond motifs is 1. The summed E-state index contributed by atoms with van der Waals surface area (Å²) in [5, 5.41) is 18.4. The molecule has 0 bridgehead atoms. The third-order valence-electron chi connectivity index (χ3n) is 1.62. The maximum atomic E-state index is 11.0. The summed E-state index contributed by atoms with van der Waals surface area (Å²) in [4.78, 5) is 0. The van der Waals surface area contributed by atoms with Crippen molar-refractivity contribution in [2.45, 2.75) is 0 Å². The van der Waals surface area contributed by atoms with E-state index < -0.39 is 43.8 Å². The normalized spacial score (nSPS) is 20.5. The van der Waals surface area contributed by atoms with Gasteiger partial charge in [0, 0.05) is 0 Å². The van der Waals surface area contributed by atoms with Crippen LogP contribution in [0, 0.1) is 0 Å². The molecule has 0 unspecified atom stereocenters. The van der Waals surface area contributed by atoms with Gasteiger partial charge in [-0.3, -0.25) is 0 Å². The van der Waals surface area contributed by atoms with Crippen LogP contribution in [0.3, 0.4) is 0 Å². The first-order valence-corrected chi connectivity index (χ1v) is 6.52. The predicted octanol–water partition coefficient (Wildman–Crippen LogP) is -0.625. The summed E-state index contributed by atoms with van der Waals surface area (Å²) in [6.45, 7) is 0. The lowest BCUT2D eigenvalue weighted by molar-refractivity contribution is 0.362. The van der Waals surface area contributed by atoms with Crippen LogP contribution in [0.5, 0.6) is 23.0 Å². The third kappa shape index (κ3) is 2.20. The van der Waals surface area contributed by atoms with Gasteiger partial charge in [-0.15, -0.1) is 0 Å². The highest BCUT2D eigenvalue weighted by molar-refractivity contribution is 7.95. The molecular formula is C6H4O9S2. The van der Waals surface area contributed by atoms with Gasteiger partial charge in [-0.1, -0.05) is 3.63 Å². The first kappa shape index (κ1) is 11.8. The summed E-state index contributed by atoms with van der Waals surface area (Å²) in [7, 11) is -9.84. The second-order valence-corrected chi connectivity index (χ2v) is 5.32. The van der Waals surface area contributed by atoms with Crippen molar-refractivity contribution in [2.75, 3.05) is 0 Å². The van der Waals surface area contributed by atoms with Crippen LogP contribution in [0.25, 0.3) is 0 Å². The Kier molecular flexibility index (Phi) is 2.34. The Labute approximate surface area is 95.4 Å². The molecule has 11 heteroatoms. The van der Waals surface area contributed by atoms with Crippen molar-refractivity contribution < 1.29 is 39.0 Å². The van der Waals surface area contributed by atoms with Crippen molar-refractivity contribution in [3.63, 3.8) is 0 Å². The van der Waals surface area contributed by atoms with Crippen molar-refractivity contribution in [3.8, 4) is 23.0 Å². The van der Waals surface area contributed by atoms with E-state index in [1.807, 2.05) is 0 Å². The molecule has 1 aliphatic heterocycles. The summed E-state index contributed by atoms with van der Waals surface area (Å²) >= 11 is 0. The van der Waals surface area contributed by atoms with E-state index in [1.165, 1.54) is 0 Å². The van der Waals surface area contributed by atoms with E-state index >= 15 is 0 Å². The Balaban J connectivity index is 2.73. The van der Waals surface area contributed by atoms with Crippen LogP contribution >= 0.6 is 0 Å². The first-order valence-electron chi connectivity index (χ1n) is 3.85. The topological polar surface area (TPSA) is 136 Å². The molecule has 0 spiro atoms. The highest BCUT2D eigenvalue weighted by Gasteiger charge is 2.35. The summed E-state index contributed by atoms with van der Waals surface area (Å²) in [6.07, 6.45) is 0. The minimum Gasteiger partial charge on any atom is -0.504 e. The van der Waals surface area contributed by atoms with Gasteiger partial charge in [-0.05, 0) is 12.1 Å². The quantitative estimate of drug-likeness (QED) is 0.597. The molecule has 0 atom stereocenters. The fourth-order valence-corrected chi connectivity index (χ4v) is 2.79. The molecule has 0 aliphatic carbocycles. The summed E-state index contributed by atoms with van der Waals surface area (Å²) < 4.78 is 55.9. The molecule has 94 valence electrons. The van der Waals surface area contributed by atoms with Crippen LogP contribution in [0.4, 0.5) is 0 Å². The second-order valence-electron chi connectivity index (χ2n) is 2.81. The van der Waals surface area contributed by atoms with Crippen LogP contribution in [0.2, 0.25) is 0 Å². The van der Waals surface area contributed by atoms with E-state index in [4.69, 9.17) is 5.11 Å². The number of hydrogen-bond acceptors (Lipinski definition) is 9. The third-order valence-corrected chi connectivity index (χ3v) is 3.71. The Morgan fingerprint density at radius 1 is 0.941 bits per heavy atom. The molecule has 0 saturated heterocycles. The lowest BCUT2D eigenvalue weighted by Crippen LogP contribution is -2.18. The number of benzene rings is 1. The standard InChI is InChI=1S/C6H4O9S2/c7-3-1-2-4-6(5(3)8)14-17(11,12)15-16(9,10)13-4/h1-2,7-8H. The van der Waals surface area contributed by atoms with Gasteiger partial charge in [-0.25, -0.2) is 0 Å². The smallest absolute Gasteiger partial charge is 0.466 e. The zero-order valence-electron chi connectivity index (χ0n) is 7.72. The van der Waals surface area contributed by atoms with E-state index in [0.717, 1.165) is 12.1 Å². The summed E-state index contributed by atoms with van der Waals surface area (Å²) in [5.74, 6) is -3.24. The number of rotatable bonds is 0. The van der Waals surface area contributed by atoms with E-state index in [0.29, 0.717) is 0 Å². The molecule has 1 aromatic rings. The Morgan fingerprint density at radius 3 is 2.18 bits per heavy atom. The Morgan fingerprint density at radius 2 is 1.53 bits per heavy atom. The zero-order chi connectivity index (χ0) is 12.8. The van der Waals surface area contributed by atoms with Gasteiger partial charge < -0.3 is 18.6 Å². The van der Waals surface area contributed by atoms with Gasteiger partial charge >= 0.3 is 20.8 Å². The van der Waals surface area contributed by atoms with E-state index in [1.54, 1.807) is 0 Å². The second kappa shape index (κ2) is 3.38. The fraction of sp³-hybridized carbons (Fsp3) is 0. The average Bonchev–Trinajstić information content (AvgIpc) is 2.24. The fourth-order valence-electron chi connectivity index (χ4n) is 1.03. The van der Waals surface area contributed by atoms with Crippen molar-refractivity contribution in [2.24, 2.45) is 0 Å². The minimum absolute atomic E-state index is 0.638. The predicted molar refractivity (Wildman–Crippen MR) is 50.0 cm³/mol. The highest BCUT2D eigenvalue weighted by atomic mass is 32.3. The van der Waals surface area contributed by atoms with Gasteiger partial charge in [0.05, 0.1) is 0 Å². The molecule has 1 heterocycles. The number of hydrogen-bond donors (Lipinski definition) is 2. The molecule has 0 saturated carbocycles. The van der Waals surface area contributed by atoms with Gasteiger partial charge in [-0.2, -0.15) is 16.8 Å². The molecule has 2 N–H and O–H groups in total. The van der Waals surface area contributed by atoms with Crippen molar-refractivity contribution in [1.29, 1.82) is 0 Å². The molecule has 17 heavy (non-hydrogen) atoms. The van der Waals surface area contributed by atoms with E-state index in [2.05, 4.69) is 12.0 Å². The van der Waals surface area contributed by atoms with Crippen molar-refractivity contribution in [1.82, 2.24) is 0 Å².